The van der Waals surface area contributed by atoms with E-state index in [1.54, 1.807) is 7.05 Å². The first-order valence-corrected chi connectivity index (χ1v) is 10.4. The summed E-state index contributed by atoms with van der Waals surface area (Å²) in [6, 6.07) is 0. The molecule has 0 aliphatic carbocycles. The maximum absolute atomic E-state index is 12.4. The number of hydrogen-bond donors (Lipinski definition) is 0. The largest absolute Gasteiger partial charge is 0.409 e. The second kappa shape index (κ2) is 7.56. The van der Waals surface area contributed by atoms with Crippen molar-refractivity contribution in [2.45, 2.75) is 65.8 Å². The Kier molecular flexibility index (Phi) is 7.33. The van der Waals surface area contributed by atoms with Crippen LogP contribution in [-0.4, -0.2) is 39.5 Å². The molecule has 0 aliphatic heterocycles. The third-order valence-corrected chi connectivity index (χ3v) is 9.02. The zero-order valence-corrected chi connectivity index (χ0v) is 16.4. The molecule has 0 aromatic carbocycles. The lowest BCUT2D eigenvalue weighted by atomic mass is 9.97. The van der Waals surface area contributed by atoms with Gasteiger partial charge in [0.2, 0.25) is 0 Å². The van der Waals surface area contributed by atoms with E-state index < -0.39 is 8.32 Å². The number of rotatable bonds is 6. The van der Waals surface area contributed by atoms with Gasteiger partial charge < -0.3 is 4.43 Å². The minimum absolute atomic E-state index is 0.0672. The minimum Gasteiger partial charge on any atom is -0.409 e. The number of allylic oxidation sites excluding steroid dienone is 1. The number of carbonyl (C=O) groups excluding carboxylic acids is 1. The monoisotopic (exact) mass is 315 g/mol. The third kappa shape index (κ3) is 5.24. The Hall–Kier alpha value is -0.653. The highest BCUT2D eigenvalue weighted by atomic mass is 28.4. The van der Waals surface area contributed by atoms with Crippen molar-refractivity contribution in [2.75, 3.05) is 14.2 Å². The first kappa shape index (κ1) is 20.3. The van der Waals surface area contributed by atoms with Crippen molar-refractivity contribution in [3.63, 3.8) is 0 Å². The Balaban J connectivity index is 5.39. The molecule has 0 saturated carbocycles. The fourth-order valence-corrected chi connectivity index (χ4v) is 3.13. The van der Waals surface area contributed by atoms with Crippen LogP contribution in [0.15, 0.2) is 11.6 Å². The molecular formula is C16H33NO3Si. The molecular weight excluding hydrogens is 282 g/mol. The van der Waals surface area contributed by atoms with Gasteiger partial charge in [-0.05, 0) is 37.6 Å². The van der Waals surface area contributed by atoms with Crippen LogP contribution in [-0.2, 0) is 14.1 Å². The first-order valence-electron chi connectivity index (χ1n) is 7.51. The number of nitrogens with zero attached hydrogens (tertiary/aromatic N) is 1. The van der Waals surface area contributed by atoms with Crippen LogP contribution in [0.1, 0.15) is 41.5 Å². The summed E-state index contributed by atoms with van der Waals surface area (Å²) in [7, 11) is 1.18. The van der Waals surface area contributed by atoms with Gasteiger partial charge in [0, 0.05) is 7.05 Å². The van der Waals surface area contributed by atoms with E-state index in [-0.39, 0.29) is 23.0 Å². The lowest BCUT2D eigenvalue weighted by molar-refractivity contribution is -0.175. The molecule has 0 bridgehead atoms. The van der Waals surface area contributed by atoms with E-state index >= 15 is 0 Å². The van der Waals surface area contributed by atoms with Crippen LogP contribution in [0.25, 0.3) is 0 Å². The highest BCUT2D eigenvalue weighted by molar-refractivity contribution is 6.74. The Labute approximate surface area is 131 Å². The molecule has 0 heterocycles. The summed E-state index contributed by atoms with van der Waals surface area (Å²) in [5.41, 5.74) is 1.09. The van der Waals surface area contributed by atoms with Crippen molar-refractivity contribution in [1.29, 1.82) is 0 Å². The minimum atomic E-state index is -1.95. The Bertz CT molecular complexity index is 385. The fraction of sp³-hybridized carbons (Fsp3) is 0.812. The normalized spacial score (nSPS) is 16.6. The molecule has 5 heteroatoms. The summed E-state index contributed by atoms with van der Waals surface area (Å²) in [6.07, 6.45) is 1.81. The topological polar surface area (TPSA) is 38.8 Å². The molecule has 21 heavy (non-hydrogen) atoms. The summed E-state index contributed by atoms with van der Waals surface area (Å²) in [4.78, 5) is 17.4. The van der Waals surface area contributed by atoms with Crippen molar-refractivity contribution < 1.29 is 14.1 Å². The van der Waals surface area contributed by atoms with E-state index in [1.165, 1.54) is 12.2 Å². The number of amides is 1. The van der Waals surface area contributed by atoms with E-state index in [0.29, 0.717) is 0 Å². The van der Waals surface area contributed by atoms with Gasteiger partial charge in [0.1, 0.15) is 0 Å². The molecule has 0 fully saturated rings. The first-order chi connectivity index (χ1) is 9.39. The molecule has 4 nitrogen and oxygen atoms in total. The van der Waals surface area contributed by atoms with Crippen LogP contribution >= 0.6 is 0 Å². The Morgan fingerprint density at radius 2 is 1.76 bits per heavy atom. The summed E-state index contributed by atoms with van der Waals surface area (Å²) < 4.78 is 6.50. The number of hydrogen-bond acceptors (Lipinski definition) is 3. The Morgan fingerprint density at radius 3 is 2.10 bits per heavy atom. The van der Waals surface area contributed by atoms with Gasteiger partial charge in [0.25, 0.3) is 5.91 Å². The predicted octanol–water partition coefficient (Wildman–Crippen LogP) is 4.00. The SMILES string of the molecule is C/C=C(\C)[C@@H](O[Si](C)(C)C(C)(C)C)[C@H](C)C(=O)N(C)OC. The smallest absolute Gasteiger partial charge is 0.251 e. The number of hydroxylamine groups is 2. The molecule has 0 spiro atoms. The molecule has 124 valence electrons. The highest BCUT2D eigenvalue weighted by Crippen LogP contribution is 2.39. The molecule has 1 amide bonds. The van der Waals surface area contributed by atoms with Gasteiger partial charge in [0.15, 0.2) is 8.32 Å². The van der Waals surface area contributed by atoms with Gasteiger partial charge in [-0.3, -0.25) is 9.63 Å². The zero-order chi connectivity index (χ0) is 17.0. The Morgan fingerprint density at radius 1 is 1.29 bits per heavy atom. The molecule has 0 unspecified atom stereocenters. The average molecular weight is 316 g/mol. The van der Waals surface area contributed by atoms with E-state index in [1.807, 2.05) is 26.8 Å². The summed E-state index contributed by atoms with van der Waals surface area (Å²) in [6.45, 7) is 16.9. The molecule has 0 aromatic rings. The van der Waals surface area contributed by atoms with Gasteiger partial charge >= 0.3 is 0 Å². The third-order valence-electron chi connectivity index (χ3n) is 4.56. The lowest BCUT2D eigenvalue weighted by Gasteiger charge is -2.41. The fourth-order valence-electron chi connectivity index (χ4n) is 1.75. The van der Waals surface area contributed by atoms with E-state index in [0.717, 1.165) is 5.57 Å². The van der Waals surface area contributed by atoms with Crippen LogP contribution in [0.4, 0.5) is 0 Å². The van der Waals surface area contributed by atoms with Crippen molar-refractivity contribution in [3.8, 4) is 0 Å². The maximum Gasteiger partial charge on any atom is 0.251 e. The maximum atomic E-state index is 12.4. The van der Waals surface area contributed by atoms with Crippen molar-refractivity contribution in [3.05, 3.63) is 11.6 Å². The predicted molar refractivity (Wildman–Crippen MR) is 90.4 cm³/mol. The molecule has 0 N–H and O–H groups in total. The lowest BCUT2D eigenvalue weighted by Crippen LogP contribution is -2.48. The van der Waals surface area contributed by atoms with Gasteiger partial charge in [0.05, 0.1) is 19.1 Å². The zero-order valence-electron chi connectivity index (χ0n) is 15.4. The second-order valence-electron chi connectivity index (χ2n) is 7.14. The van der Waals surface area contributed by atoms with Crippen LogP contribution in [0.2, 0.25) is 18.1 Å². The van der Waals surface area contributed by atoms with Crippen molar-refractivity contribution in [1.82, 2.24) is 5.06 Å². The molecule has 0 aromatic heterocycles. The molecule has 0 saturated heterocycles. The summed E-state index contributed by atoms with van der Waals surface area (Å²) in [5.74, 6) is -0.345. The van der Waals surface area contributed by atoms with E-state index in [9.17, 15) is 4.79 Å². The molecule has 0 radical (unpaired) electrons. The van der Waals surface area contributed by atoms with Gasteiger partial charge in [-0.25, -0.2) is 5.06 Å². The van der Waals surface area contributed by atoms with Gasteiger partial charge in [-0.1, -0.05) is 33.8 Å². The second-order valence-corrected chi connectivity index (χ2v) is 11.9. The molecule has 2 atom stereocenters. The number of carbonyl (C=O) groups is 1. The summed E-state index contributed by atoms with van der Waals surface area (Å²) >= 11 is 0. The quantitative estimate of drug-likeness (QED) is 0.422. The van der Waals surface area contributed by atoms with Crippen LogP contribution < -0.4 is 0 Å². The average Bonchev–Trinajstić information content (AvgIpc) is 2.40. The standard InChI is InChI=1S/C16H33NO3Si/c1-11-12(2)14(13(3)15(18)17(7)19-8)20-21(9,10)16(4,5)6/h11,13-14H,1-10H3/b12-11+/t13-,14+/m0/s1. The van der Waals surface area contributed by atoms with Crippen LogP contribution in [0, 0.1) is 5.92 Å². The van der Waals surface area contributed by atoms with Gasteiger partial charge in [-0.15, -0.1) is 0 Å². The van der Waals surface area contributed by atoms with Gasteiger partial charge in [-0.2, -0.15) is 0 Å². The highest BCUT2D eigenvalue weighted by Gasteiger charge is 2.41. The van der Waals surface area contributed by atoms with Crippen molar-refractivity contribution >= 4 is 14.2 Å². The van der Waals surface area contributed by atoms with E-state index in [2.05, 4.69) is 33.9 Å². The molecule has 0 aliphatic rings. The van der Waals surface area contributed by atoms with E-state index in [4.69, 9.17) is 9.26 Å². The van der Waals surface area contributed by atoms with Crippen LogP contribution in [0.3, 0.4) is 0 Å². The van der Waals surface area contributed by atoms with Crippen molar-refractivity contribution in [2.24, 2.45) is 5.92 Å². The van der Waals surface area contributed by atoms with Crippen LogP contribution in [0.5, 0.6) is 0 Å². The molecule has 0 rings (SSSR count). The summed E-state index contributed by atoms with van der Waals surface area (Å²) in [5, 5.41) is 1.38.